The van der Waals surface area contributed by atoms with Crippen molar-refractivity contribution >= 4 is 16.1 Å². The van der Waals surface area contributed by atoms with Crippen molar-refractivity contribution in [3.05, 3.63) is 35.9 Å². The monoisotopic (exact) mass is 326 g/mol. The van der Waals surface area contributed by atoms with E-state index in [2.05, 4.69) is 4.72 Å². The smallest absolute Gasteiger partial charge is 0.409 e. The van der Waals surface area contributed by atoms with Crippen molar-refractivity contribution < 1.29 is 17.9 Å². The number of aryl methyl sites for hydroxylation is 1. The highest BCUT2D eigenvalue weighted by molar-refractivity contribution is 7.89. The van der Waals surface area contributed by atoms with Crippen LogP contribution in [-0.2, 0) is 21.2 Å². The van der Waals surface area contributed by atoms with Gasteiger partial charge in [-0.2, -0.15) is 0 Å². The Bertz CT molecular complexity index is 589. The van der Waals surface area contributed by atoms with Gasteiger partial charge in [0.25, 0.3) is 0 Å². The zero-order valence-electron chi connectivity index (χ0n) is 12.7. The van der Waals surface area contributed by atoms with Crippen molar-refractivity contribution in [1.82, 2.24) is 9.62 Å². The Labute approximate surface area is 131 Å². The number of hydrogen-bond acceptors (Lipinski definition) is 4. The third kappa shape index (κ3) is 5.31. The lowest BCUT2D eigenvalue weighted by molar-refractivity contribution is 0.131. The van der Waals surface area contributed by atoms with Gasteiger partial charge in [-0.25, -0.2) is 17.9 Å². The molecule has 0 radical (unpaired) electrons. The molecule has 1 amide bonds. The summed E-state index contributed by atoms with van der Waals surface area (Å²) < 4.78 is 31.4. The average Bonchev–Trinajstić information content (AvgIpc) is 2.78. The van der Waals surface area contributed by atoms with Crippen molar-refractivity contribution in [3.63, 3.8) is 0 Å². The fraction of sp³-hybridized carbons (Fsp3) is 0.533. The summed E-state index contributed by atoms with van der Waals surface area (Å²) in [4.78, 5) is 12.7. The number of amides is 1. The Kier molecular flexibility index (Phi) is 5.79. The van der Waals surface area contributed by atoms with Gasteiger partial charge in [-0.3, -0.25) is 0 Å². The number of hydrogen-bond donors (Lipinski definition) is 1. The van der Waals surface area contributed by atoms with E-state index in [4.69, 9.17) is 4.74 Å². The second kappa shape index (κ2) is 7.60. The Hall–Kier alpha value is -1.60. The zero-order chi connectivity index (χ0) is 16.0. The maximum atomic E-state index is 11.9. The van der Waals surface area contributed by atoms with Gasteiger partial charge >= 0.3 is 6.09 Å². The summed E-state index contributed by atoms with van der Waals surface area (Å²) in [6, 6.07) is 9.81. The number of rotatable bonds is 8. The first-order valence-electron chi connectivity index (χ1n) is 7.39. The van der Waals surface area contributed by atoms with Gasteiger partial charge in [0.2, 0.25) is 10.0 Å². The lowest BCUT2D eigenvalue weighted by atomic mass is 10.1. The van der Waals surface area contributed by atoms with Crippen molar-refractivity contribution in [1.29, 1.82) is 0 Å². The van der Waals surface area contributed by atoms with E-state index in [0.717, 1.165) is 12.0 Å². The van der Waals surface area contributed by atoms with Crippen LogP contribution in [0.25, 0.3) is 0 Å². The minimum absolute atomic E-state index is 0.103. The molecule has 1 heterocycles. The third-order valence-corrected chi connectivity index (χ3v) is 5.04. The molecule has 1 aliphatic heterocycles. The standard InChI is InChI=1S/C15H22N2O4S/c1-17-12-14(21-15(17)18)9-10-16-22(19,20)11-5-8-13-6-3-2-4-7-13/h2-4,6-7,14,16H,5,8-12H2,1H3. The van der Waals surface area contributed by atoms with Crippen LogP contribution in [0.2, 0.25) is 0 Å². The number of sulfonamides is 1. The molecule has 1 fully saturated rings. The molecular weight excluding hydrogens is 304 g/mol. The molecule has 1 atom stereocenters. The lowest BCUT2D eigenvalue weighted by Gasteiger charge is -2.10. The number of benzene rings is 1. The Balaban J connectivity index is 1.65. The summed E-state index contributed by atoms with van der Waals surface area (Å²) in [5.41, 5.74) is 1.14. The summed E-state index contributed by atoms with van der Waals surface area (Å²) in [6.07, 6.45) is 1.24. The van der Waals surface area contributed by atoms with E-state index in [0.29, 0.717) is 25.9 Å². The Morgan fingerprint density at radius 2 is 2.05 bits per heavy atom. The van der Waals surface area contributed by atoms with E-state index in [1.165, 1.54) is 4.90 Å². The van der Waals surface area contributed by atoms with Crippen molar-refractivity contribution in [2.24, 2.45) is 0 Å². The predicted molar refractivity (Wildman–Crippen MR) is 84.1 cm³/mol. The molecule has 1 aliphatic rings. The second-order valence-electron chi connectivity index (χ2n) is 5.48. The molecule has 0 bridgehead atoms. The normalized spacial score (nSPS) is 18.5. The summed E-state index contributed by atoms with van der Waals surface area (Å²) in [7, 11) is -1.61. The minimum Gasteiger partial charge on any atom is -0.444 e. The first-order chi connectivity index (χ1) is 10.5. The summed E-state index contributed by atoms with van der Waals surface area (Å²) in [5, 5.41) is 0. The van der Waals surface area contributed by atoms with Crippen LogP contribution in [0.1, 0.15) is 18.4 Å². The number of nitrogens with one attached hydrogen (secondary N) is 1. The van der Waals surface area contributed by atoms with Crippen LogP contribution < -0.4 is 4.72 Å². The fourth-order valence-electron chi connectivity index (χ4n) is 2.36. The van der Waals surface area contributed by atoms with Gasteiger partial charge in [-0.15, -0.1) is 0 Å². The van der Waals surface area contributed by atoms with Crippen LogP contribution in [0.15, 0.2) is 30.3 Å². The molecule has 0 saturated carbocycles. The highest BCUT2D eigenvalue weighted by atomic mass is 32.2. The molecule has 1 unspecified atom stereocenters. The van der Waals surface area contributed by atoms with Crippen LogP contribution in [0.3, 0.4) is 0 Å². The second-order valence-corrected chi connectivity index (χ2v) is 7.40. The number of ether oxygens (including phenoxy) is 1. The highest BCUT2D eigenvalue weighted by Gasteiger charge is 2.27. The first kappa shape index (κ1) is 16.8. The van der Waals surface area contributed by atoms with Gasteiger partial charge in [0.05, 0.1) is 12.3 Å². The topological polar surface area (TPSA) is 75.7 Å². The fourth-order valence-corrected chi connectivity index (χ4v) is 3.46. The molecule has 122 valence electrons. The molecule has 0 spiro atoms. The molecule has 0 aromatic heterocycles. The SMILES string of the molecule is CN1CC(CCNS(=O)(=O)CCCc2ccccc2)OC1=O. The maximum absolute atomic E-state index is 11.9. The van der Waals surface area contributed by atoms with Crippen LogP contribution in [0, 0.1) is 0 Å². The Morgan fingerprint density at radius 3 is 2.68 bits per heavy atom. The highest BCUT2D eigenvalue weighted by Crippen LogP contribution is 2.11. The quantitative estimate of drug-likeness (QED) is 0.783. The van der Waals surface area contributed by atoms with E-state index in [1.54, 1.807) is 7.05 Å². The van der Waals surface area contributed by atoms with E-state index in [9.17, 15) is 13.2 Å². The van der Waals surface area contributed by atoms with Crippen LogP contribution in [-0.4, -0.2) is 51.4 Å². The summed E-state index contributed by atoms with van der Waals surface area (Å²) in [5.74, 6) is 0.103. The van der Waals surface area contributed by atoms with Crippen molar-refractivity contribution in [2.75, 3.05) is 25.9 Å². The average molecular weight is 326 g/mol. The predicted octanol–water partition coefficient (Wildman–Crippen LogP) is 1.38. The maximum Gasteiger partial charge on any atom is 0.409 e. The van der Waals surface area contributed by atoms with Gasteiger partial charge in [-0.05, 0) is 24.8 Å². The molecule has 7 heteroatoms. The minimum atomic E-state index is -3.27. The number of carbonyl (C=O) groups is 1. The van der Waals surface area contributed by atoms with Crippen LogP contribution in [0.4, 0.5) is 4.79 Å². The van der Waals surface area contributed by atoms with Gasteiger partial charge in [0.15, 0.2) is 0 Å². The van der Waals surface area contributed by atoms with E-state index in [1.807, 2.05) is 30.3 Å². The van der Waals surface area contributed by atoms with E-state index in [-0.39, 0.29) is 18.0 Å². The molecular formula is C15H22N2O4S. The third-order valence-electron chi connectivity index (χ3n) is 3.57. The molecule has 6 nitrogen and oxygen atoms in total. The lowest BCUT2D eigenvalue weighted by Crippen LogP contribution is -2.30. The van der Waals surface area contributed by atoms with Crippen molar-refractivity contribution in [3.8, 4) is 0 Å². The molecule has 1 saturated heterocycles. The van der Waals surface area contributed by atoms with Gasteiger partial charge < -0.3 is 9.64 Å². The van der Waals surface area contributed by atoms with Gasteiger partial charge in [0.1, 0.15) is 6.10 Å². The van der Waals surface area contributed by atoms with Gasteiger partial charge in [-0.1, -0.05) is 30.3 Å². The number of cyclic esters (lactones) is 1. The molecule has 1 N–H and O–H groups in total. The molecule has 1 aromatic rings. The molecule has 22 heavy (non-hydrogen) atoms. The van der Waals surface area contributed by atoms with E-state index < -0.39 is 10.0 Å². The number of likely N-dealkylation sites (N-methyl/N-ethyl adjacent to an activating group) is 1. The molecule has 1 aromatic carbocycles. The summed E-state index contributed by atoms with van der Waals surface area (Å²) in [6.45, 7) is 0.800. The van der Waals surface area contributed by atoms with Gasteiger partial charge in [0, 0.05) is 13.6 Å². The zero-order valence-corrected chi connectivity index (χ0v) is 13.5. The van der Waals surface area contributed by atoms with Crippen LogP contribution in [0.5, 0.6) is 0 Å². The summed E-state index contributed by atoms with van der Waals surface area (Å²) >= 11 is 0. The first-order valence-corrected chi connectivity index (χ1v) is 9.04. The van der Waals surface area contributed by atoms with Crippen LogP contribution >= 0.6 is 0 Å². The number of nitrogens with zero attached hydrogens (tertiary/aromatic N) is 1. The number of carbonyl (C=O) groups excluding carboxylic acids is 1. The largest absolute Gasteiger partial charge is 0.444 e. The Morgan fingerprint density at radius 1 is 1.32 bits per heavy atom. The molecule has 2 rings (SSSR count). The van der Waals surface area contributed by atoms with Crippen molar-refractivity contribution in [2.45, 2.75) is 25.4 Å². The van der Waals surface area contributed by atoms with E-state index >= 15 is 0 Å². The molecule has 0 aliphatic carbocycles.